The molecule has 0 aliphatic carbocycles. The number of nitrogens with one attached hydrogen (secondary N) is 1. The second-order valence-electron chi connectivity index (χ2n) is 3.94. The highest BCUT2D eigenvalue weighted by molar-refractivity contribution is 5.32. The van der Waals surface area contributed by atoms with Crippen molar-refractivity contribution in [2.24, 2.45) is 5.41 Å². The number of aliphatic hydroxyl groups is 1. The van der Waals surface area contributed by atoms with Gasteiger partial charge in [0, 0.05) is 18.0 Å². The van der Waals surface area contributed by atoms with Gasteiger partial charge >= 0.3 is 0 Å². The van der Waals surface area contributed by atoms with Gasteiger partial charge in [0.05, 0.1) is 6.61 Å². The second-order valence-corrected chi connectivity index (χ2v) is 3.94. The van der Waals surface area contributed by atoms with Gasteiger partial charge in [-0.3, -0.25) is 0 Å². The molecule has 0 saturated heterocycles. The standard InChI is InChI=1S/C11H18FN3O/c1-3-11(4-2,7-16)6-13-10-5-9(12)14-8-15-10/h5,8,16H,3-4,6-7H2,1-2H3,(H,13,14,15). The molecule has 0 aliphatic heterocycles. The summed E-state index contributed by atoms with van der Waals surface area (Å²) in [5, 5.41) is 12.4. The first-order valence-electron chi connectivity index (χ1n) is 5.48. The second kappa shape index (κ2) is 5.75. The van der Waals surface area contributed by atoms with Crippen LogP contribution in [0, 0.1) is 11.4 Å². The highest BCUT2D eigenvalue weighted by Crippen LogP contribution is 2.25. The molecule has 0 aliphatic rings. The van der Waals surface area contributed by atoms with Gasteiger partial charge in [-0.2, -0.15) is 4.39 Å². The third-order valence-corrected chi connectivity index (χ3v) is 3.11. The van der Waals surface area contributed by atoms with Crippen LogP contribution < -0.4 is 5.32 Å². The van der Waals surface area contributed by atoms with Crippen LogP contribution >= 0.6 is 0 Å². The molecule has 0 atom stereocenters. The zero-order valence-electron chi connectivity index (χ0n) is 9.70. The van der Waals surface area contributed by atoms with E-state index in [-0.39, 0.29) is 12.0 Å². The van der Waals surface area contributed by atoms with Gasteiger partial charge < -0.3 is 10.4 Å². The van der Waals surface area contributed by atoms with E-state index in [0.29, 0.717) is 12.4 Å². The lowest BCUT2D eigenvalue weighted by molar-refractivity contribution is 0.127. The molecule has 0 spiro atoms. The van der Waals surface area contributed by atoms with Crippen LogP contribution in [0.1, 0.15) is 26.7 Å². The molecule has 1 rings (SSSR count). The summed E-state index contributed by atoms with van der Waals surface area (Å²) < 4.78 is 12.8. The van der Waals surface area contributed by atoms with Crippen LogP contribution in [0.25, 0.3) is 0 Å². The number of aliphatic hydroxyl groups excluding tert-OH is 1. The molecule has 0 unspecified atom stereocenters. The van der Waals surface area contributed by atoms with E-state index < -0.39 is 5.95 Å². The van der Waals surface area contributed by atoms with Gasteiger partial charge in [0.1, 0.15) is 12.1 Å². The lowest BCUT2D eigenvalue weighted by Crippen LogP contribution is -2.32. The molecule has 0 aromatic carbocycles. The van der Waals surface area contributed by atoms with Gasteiger partial charge in [-0.05, 0) is 12.8 Å². The summed E-state index contributed by atoms with van der Waals surface area (Å²) in [7, 11) is 0. The predicted molar refractivity (Wildman–Crippen MR) is 60.6 cm³/mol. The van der Waals surface area contributed by atoms with Crippen LogP contribution in [0.2, 0.25) is 0 Å². The van der Waals surface area contributed by atoms with Crippen LogP contribution in [0.4, 0.5) is 10.2 Å². The Morgan fingerprint density at radius 1 is 1.38 bits per heavy atom. The molecular weight excluding hydrogens is 209 g/mol. The van der Waals surface area contributed by atoms with E-state index in [0.717, 1.165) is 12.8 Å². The third-order valence-electron chi connectivity index (χ3n) is 3.11. The average molecular weight is 227 g/mol. The molecule has 0 fully saturated rings. The first kappa shape index (κ1) is 12.8. The Labute approximate surface area is 94.9 Å². The van der Waals surface area contributed by atoms with E-state index in [1.54, 1.807) is 0 Å². The van der Waals surface area contributed by atoms with E-state index in [9.17, 15) is 9.50 Å². The fourth-order valence-corrected chi connectivity index (χ4v) is 1.49. The maximum Gasteiger partial charge on any atom is 0.217 e. The summed E-state index contributed by atoms with van der Waals surface area (Å²) in [5.74, 6) is -0.104. The monoisotopic (exact) mass is 227 g/mol. The maximum absolute atomic E-state index is 12.8. The van der Waals surface area contributed by atoms with Crippen molar-refractivity contribution in [2.45, 2.75) is 26.7 Å². The highest BCUT2D eigenvalue weighted by atomic mass is 19.1. The first-order valence-corrected chi connectivity index (χ1v) is 5.48. The summed E-state index contributed by atoms with van der Waals surface area (Å²) >= 11 is 0. The van der Waals surface area contributed by atoms with Crippen molar-refractivity contribution >= 4 is 5.82 Å². The normalized spacial score (nSPS) is 11.5. The number of nitrogens with zero attached hydrogens (tertiary/aromatic N) is 2. The molecule has 1 heterocycles. The van der Waals surface area contributed by atoms with Crippen molar-refractivity contribution in [1.29, 1.82) is 0 Å². The van der Waals surface area contributed by atoms with Crippen molar-refractivity contribution < 1.29 is 9.50 Å². The van der Waals surface area contributed by atoms with Gasteiger partial charge in [0.15, 0.2) is 0 Å². The summed E-state index contributed by atoms with van der Waals surface area (Å²) in [6, 6.07) is 1.24. The van der Waals surface area contributed by atoms with Crippen LogP contribution in [-0.4, -0.2) is 28.2 Å². The summed E-state index contributed by atoms with van der Waals surface area (Å²) in [6.07, 6.45) is 2.90. The van der Waals surface area contributed by atoms with Crippen LogP contribution in [0.3, 0.4) is 0 Å². The Morgan fingerprint density at radius 3 is 2.56 bits per heavy atom. The van der Waals surface area contributed by atoms with Gasteiger partial charge in [-0.1, -0.05) is 13.8 Å². The highest BCUT2D eigenvalue weighted by Gasteiger charge is 2.24. The van der Waals surface area contributed by atoms with Crippen molar-refractivity contribution in [1.82, 2.24) is 9.97 Å². The third kappa shape index (κ3) is 3.13. The largest absolute Gasteiger partial charge is 0.396 e. The fraction of sp³-hybridized carbons (Fsp3) is 0.636. The number of hydrogen-bond donors (Lipinski definition) is 2. The Morgan fingerprint density at radius 2 is 2.06 bits per heavy atom. The van der Waals surface area contributed by atoms with Crippen LogP contribution in [-0.2, 0) is 0 Å². The smallest absolute Gasteiger partial charge is 0.217 e. The molecule has 4 nitrogen and oxygen atoms in total. The summed E-state index contributed by atoms with van der Waals surface area (Å²) in [6.45, 7) is 4.75. The Hall–Kier alpha value is -1.23. The number of aromatic nitrogens is 2. The van der Waals surface area contributed by atoms with Crippen LogP contribution in [0.15, 0.2) is 12.4 Å². The van der Waals surface area contributed by atoms with Gasteiger partial charge in [-0.15, -0.1) is 0 Å². The van der Waals surface area contributed by atoms with E-state index in [2.05, 4.69) is 15.3 Å². The van der Waals surface area contributed by atoms with Crippen molar-refractivity contribution in [3.63, 3.8) is 0 Å². The zero-order valence-corrected chi connectivity index (χ0v) is 9.70. The molecule has 0 radical (unpaired) electrons. The Bertz CT molecular complexity index is 320. The fourth-order valence-electron chi connectivity index (χ4n) is 1.49. The number of rotatable bonds is 6. The molecule has 5 heteroatoms. The minimum Gasteiger partial charge on any atom is -0.396 e. The Kier molecular flexibility index (Phi) is 4.61. The SMILES string of the molecule is CCC(CC)(CO)CNc1cc(F)ncn1. The Balaban J connectivity index is 2.62. The predicted octanol–water partition coefficient (Wildman–Crippen LogP) is 1.83. The van der Waals surface area contributed by atoms with Crippen LogP contribution in [0.5, 0.6) is 0 Å². The molecular formula is C11H18FN3O. The molecule has 0 amide bonds. The summed E-state index contributed by atoms with van der Waals surface area (Å²) in [5.41, 5.74) is -0.165. The van der Waals surface area contributed by atoms with Crippen molar-refractivity contribution in [3.05, 3.63) is 18.3 Å². The van der Waals surface area contributed by atoms with E-state index in [1.165, 1.54) is 12.4 Å². The van der Waals surface area contributed by atoms with E-state index >= 15 is 0 Å². The minimum atomic E-state index is -0.555. The number of anilines is 1. The lowest BCUT2D eigenvalue weighted by Gasteiger charge is -2.29. The first-order chi connectivity index (χ1) is 7.65. The molecule has 0 saturated carbocycles. The van der Waals surface area contributed by atoms with Gasteiger partial charge in [-0.25, -0.2) is 9.97 Å². The van der Waals surface area contributed by atoms with Crippen molar-refractivity contribution in [3.8, 4) is 0 Å². The van der Waals surface area contributed by atoms with E-state index in [1.807, 2.05) is 13.8 Å². The quantitative estimate of drug-likeness (QED) is 0.728. The van der Waals surface area contributed by atoms with Crippen molar-refractivity contribution in [2.75, 3.05) is 18.5 Å². The number of halogens is 1. The molecule has 2 N–H and O–H groups in total. The minimum absolute atomic E-state index is 0.112. The number of hydrogen-bond acceptors (Lipinski definition) is 4. The van der Waals surface area contributed by atoms with Gasteiger partial charge in [0.2, 0.25) is 5.95 Å². The van der Waals surface area contributed by atoms with E-state index in [4.69, 9.17) is 0 Å². The zero-order chi connectivity index (χ0) is 12.0. The average Bonchev–Trinajstić information content (AvgIpc) is 2.32. The maximum atomic E-state index is 12.8. The molecule has 0 bridgehead atoms. The molecule has 1 aromatic rings. The molecule has 16 heavy (non-hydrogen) atoms. The molecule has 1 aromatic heterocycles. The lowest BCUT2D eigenvalue weighted by atomic mass is 9.83. The summed E-state index contributed by atoms with van der Waals surface area (Å²) in [4.78, 5) is 7.28. The molecule has 90 valence electrons. The topological polar surface area (TPSA) is 58.0 Å². The van der Waals surface area contributed by atoms with Gasteiger partial charge in [0.25, 0.3) is 0 Å².